The number of rotatable bonds is 24. The second-order valence-electron chi connectivity index (χ2n) is 35.3. The summed E-state index contributed by atoms with van der Waals surface area (Å²) in [5.74, 6) is 2.41. The lowest BCUT2D eigenvalue weighted by Gasteiger charge is -2.39. The van der Waals surface area contributed by atoms with Crippen LogP contribution in [0.4, 0.5) is 17.1 Å². The molecule has 23 nitrogen and oxygen atoms in total. The van der Waals surface area contributed by atoms with Crippen LogP contribution in [-0.2, 0) is 39.9 Å². The maximum Gasteiger partial charge on any atom is 0.174 e. The van der Waals surface area contributed by atoms with Gasteiger partial charge in [0.05, 0.1) is 118 Å². The molecule has 3 aliphatic heterocycles. The zero-order valence-electron chi connectivity index (χ0n) is 77.1. The first-order chi connectivity index (χ1) is 64.6. The molecule has 23 heteroatoms. The van der Waals surface area contributed by atoms with Crippen LogP contribution in [0, 0.1) is 0 Å². The van der Waals surface area contributed by atoms with Crippen LogP contribution in [-0.4, -0.2) is 141 Å². The predicted octanol–water partition coefficient (Wildman–Crippen LogP) is 19.2. The van der Waals surface area contributed by atoms with E-state index in [1.165, 1.54) is 22.3 Å². The van der Waals surface area contributed by atoms with Crippen LogP contribution < -0.4 is 36.0 Å². The van der Waals surface area contributed by atoms with Crippen LogP contribution in [0.1, 0.15) is 199 Å². The Labute approximate surface area is 780 Å². The molecule has 7 aliphatic rings. The molecule has 4 aliphatic carbocycles. The molecule has 0 saturated carbocycles. The van der Waals surface area contributed by atoms with Crippen LogP contribution in [0.5, 0.6) is 0 Å². The van der Waals surface area contributed by atoms with Crippen LogP contribution >= 0.6 is 0 Å². The van der Waals surface area contributed by atoms with Crippen molar-refractivity contribution in [3.05, 3.63) is 408 Å². The van der Waals surface area contributed by atoms with E-state index in [-0.39, 0.29) is 48.1 Å². The molecule has 7 atom stereocenters. The van der Waals surface area contributed by atoms with Crippen molar-refractivity contribution in [2.24, 2.45) is 0 Å². The third-order valence-electron chi connectivity index (χ3n) is 24.9. The number of allylic oxidation sites excluding steroid dienone is 4. The highest BCUT2D eigenvalue weighted by atomic mass is 16.5. The van der Waals surface area contributed by atoms with Crippen molar-refractivity contribution in [2.45, 2.75) is 136 Å². The molecular weight excluding hydrogens is 1650 g/mol. The van der Waals surface area contributed by atoms with Crippen molar-refractivity contribution >= 4 is 62.1 Å². The maximum absolute atomic E-state index is 5.90. The Morgan fingerprint density at radius 3 is 0.985 bits per heavy atom. The number of hydrogen-bond donors (Lipinski definition) is 4. The summed E-state index contributed by atoms with van der Waals surface area (Å²) in [6, 6.07) is 54.5. The molecule has 0 unspecified atom stereocenters. The zero-order valence-corrected chi connectivity index (χ0v) is 77.1. The molecule has 20 rings (SSSR count). The van der Waals surface area contributed by atoms with Crippen molar-refractivity contribution in [1.29, 1.82) is 0 Å². The molecule has 0 bridgehead atoms. The monoisotopic (exact) mass is 1760 g/mol. The second kappa shape index (κ2) is 41.2. The number of fused-ring (bicyclic) bond motifs is 4. The van der Waals surface area contributed by atoms with E-state index >= 15 is 0 Å². The van der Waals surface area contributed by atoms with Gasteiger partial charge in [-0.1, -0.05) is 172 Å². The number of morpholine rings is 3. The van der Waals surface area contributed by atoms with E-state index in [1.807, 2.05) is 159 Å². The number of benzene rings is 4. The van der Waals surface area contributed by atoms with Gasteiger partial charge in [-0.15, -0.1) is 0 Å². The Morgan fingerprint density at radius 1 is 0.346 bits per heavy atom. The highest BCUT2D eigenvalue weighted by molar-refractivity contribution is 5.88. The van der Waals surface area contributed by atoms with Gasteiger partial charge in [0.15, 0.2) is 23.3 Å². The van der Waals surface area contributed by atoms with E-state index in [1.54, 1.807) is 12.4 Å². The average molecular weight is 1760 g/mol. The van der Waals surface area contributed by atoms with Gasteiger partial charge < -0.3 is 50.2 Å². The number of pyridine rings is 5. The second-order valence-corrected chi connectivity index (χ2v) is 35.3. The lowest BCUT2D eigenvalue weighted by Crippen LogP contribution is -2.48. The lowest BCUT2D eigenvalue weighted by molar-refractivity contribution is -0.0277. The van der Waals surface area contributed by atoms with Gasteiger partial charge in [0.25, 0.3) is 0 Å². The summed E-state index contributed by atoms with van der Waals surface area (Å²) in [6.07, 6.45) is 39.3. The molecule has 672 valence electrons. The maximum atomic E-state index is 5.90. The number of ether oxygens (including phenoxy) is 3. The van der Waals surface area contributed by atoms with Gasteiger partial charge in [0.2, 0.25) is 0 Å². The lowest BCUT2D eigenvalue weighted by atomic mass is 10.00. The minimum atomic E-state index is -0.159. The number of anilines is 3. The van der Waals surface area contributed by atoms with Crippen LogP contribution in [0.15, 0.2) is 295 Å². The van der Waals surface area contributed by atoms with E-state index in [4.69, 9.17) is 29.2 Å². The third-order valence-corrected chi connectivity index (χ3v) is 24.9. The summed E-state index contributed by atoms with van der Waals surface area (Å²) in [7, 11) is 0. The number of hydrogen-bond acceptors (Lipinski definition) is 23. The first kappa shape index (κ1) is 90.3. The van der Waals surface area contributed by atoms with Gasteiger partial charge in [-0.25, -0.2) is 39.9 Å². The minimum Gasteiger partial charge on any atom is -0.376 e. The highest BCUT2D eigenvalue weighted by Gasteiger charge is 2.32. The Bertz CT molecular complexity index is 6260. The van der Waals surface area contributed by atoms with Gasteiger partial charge in [0.1, 0.15) is 0 Å². The first-order valence-corrected chi connectivity index (χ1v) is 45.8. The smallest absolute Gasteiger partial charge is 0.174 e. The van der Waals surface area contributed by atoms with Gasteiger partial charge in [-0.2, -0.15) is 0 Å². The number of nitrogens with one attached hydrogen (secondary N) is 4. The first-order valence-electron chi connectivity index (χ1n) is 45.8. The molecule has 9 aromatic heterocycles. The van der Waals surface area contributed by atoms with Crippen molar-refractivity contribution in [2.75, 3.05) is 67.2 Å². The molecule has 133 heavy (non-hydrogen) atoms. The van der Waals surface area contributed by atoms with E-state index in [0.29, 0.717) is 46.1 Å². The summed E-state index contributed by atoms with van der Waals surface area (Å²) >= 11 is 0. The summed E-state index contributed by atoms with van der Waals surface area (Å²) in [4.78, 5) is 67.0. The topological polar surface area (TPSA) is 253 Å². The van der Waals surface area contributed by atoms with Crippen molar-refractivity contribution < 1.29 is 14.2 Å². The van der Waals surface area contributed by atoms with E-state index in [9.17, 15) is 0 Å². The summed E-state index contributed by atoms with van der Waals surface area (Å²) in [6.45, 7) is 42.3. The number of nitrogens with zero attached hydrogens (tertiary/aromatic N) is 16. The highest BCUT2D eigenvalue weighted by Crippen LogP contribution is 2.40. The predicted molar refractivity (Wildman–Crippen MR) is 532 cm³/mol. The molecule has 0 spiro atoms. The van der Waals surface area contributed by atoms with Crippen LogP contribution in [0.2, 0.25) is 0 Å². The normalized spacial score (nSPS) is 17.5. The summed E-state index contributed by atoms with van der Waals surface area (Å²) < 4.78 is 17.5. The molecule has 3 fully saturated rings. The standard InChI is InChI=1S/2C28H31N5O.C27H29N5O.C27H23N5/c1-18-16-33(17-19(2)34-18)24-12-26-25(10-11-27(26)29-15-24)23-13-30-28(31-14-23)21(4)32-20(3)22-8-6-5-7-9-22;1-19(21-8-6-5-7-9-21)32-20(2)27-30-15-22(16-31-27)24-10-11-26-25(24)14-23(17-29-26)33-12-13-34-28(3,4)18-33;1-18-17-32(11-12-33-18)23-13-25-24(9-10-26(25)28-16-23)22-14-29-27(30-15-22)20(3)31-19(2)21-7-5-4-6-8-21;1-18(20-6-4-3-5-7-20)32-19(2)27-30-16-23(17-31-27)24-8-9-26-25(24)14-22(15-29-26)21-10-12-28-13-11-21/h5-10,12-15,18-20,32H,4,11,16-17H2,1-3H3;5-10,14-17,19,32H,2,11-13,18H2,1,3-4H3;4-9,13-16,18-19,31H,3,10-12,17H2,1-2H3;3-8,10-18,32H,2,9H2,1H3/t18-,19+,20-;19-;18-,19-;18-/m0000/s1. The molecule has 12 heterocycles. The largest absolute Gasteiger partial charge is 0.376 e. The Balaban J connectivity index is 0.000000124. The molecular formula is C110H114N20O3. The van der Waals surface area contributed by atoms with Gasteiger partial charge in [0, 0.05) is 207 Å². The summed E-state index contributed by atoms with van der Waals surface area (Å²) in [5.41, 5.74) is 30.5. The zero-order chi connectivity index (χ0) is 92.1. The molecule has 0 amide bonds. The molecule has 4 N–H and O–H groups in total. The quantitative estimate of drug-likeness (QED) is 0.0439. The fourth-order valence-corrected chi connectivity index (χ4v) is 17.8. The number of aromatic nitrogens is 13. The van der Waals surface area contributed by atoms with Crippen LogP contribution in [0.25, 0.3) is 56.2 Å². The van der Waals surface area contributed by atoms with Crippen molar-refractivity contribution in [1.82, 2.24) is 86.1 Å². The van der Waals surface area contributed by atoms with Gasteiger partial charge in [-0.05, 0) is 149 Å². The Morgan fingerprint density at radius 2 is 0.647 bits per heavy atom. The average Bonchev–Trinajstić information content (AvgIpc) is 1.68. The van der Waals surface area contributed by atoms with E-state index < -0.39 is 0 Å². The van der Waals surface area contributed by atoms with Gasteiger partial charge in [-0.3, -0.25) is 24.9 Å². The minimum absolute atomic E-state index is 0.120. The third kappa shape index (κ3) is 21.8. The van der Waals surface area contributed by atoms with Gasteiger partial charge >= 0.3 is 0 Å². The molecule has 4 aromatic carbocycles. The molecule has 3 saturated heterocycles. The van der Waals surface area contributed by atoms with Crippen LogP contribution in [0.3, 0.4) is 0 Å². The summed E-state index contributed by atoms with van der Waals surface area (Å²) in [5, 5.41) is 13.6. The fraction of sp³-hybridized carbons (Fsp3) is 0.264. The van der Waals surface area contributed by atoms with E-state index in [2.05, 4.69) is 272 Å². The van der Waals surface area contributed by atoms with Crippen molar-refractivity contribution in [3.63, 3.8) is 0 Å². The van der Waals surface area contributed by atoms with E-state index in [0.717, 1.165) is 196 Å². The Kier molecular flexibility index (Phi) is 28.0. The van der Waals surface area contributed by atoms with Crippen molar-refractivity contribution in [3.8, 4) is 11.1 Å². The molecule has 13 aromatic rings. The molecule has 0 radical (unpaired) electrons. The fourth-order valence-electron chi connectivity index (χ4n) is 17.8. The SMILES string of the molecule is C=C(N[C@@H](C)c1ccccc1)c1ncc(C2=CCc3ncc(-c4ccncc4)cc32)cn1.C=C(N[C@@H](C)c1ccccc1)c1ncc(C2=CCc3ncc(N4CCOC(C)(C)C4)cc32)cn1.C=C(N[C@@H](C)c1ccccc1)c1ncc(C2=CCc3ncc(N4CCO[C@@H](C)C4)cc32)cn1.C=C(N[C@@H](C)c1ccccc1)c1ncc(C2=CCc3ncc(N4C[C@@H](C)O[C@@H](C)C4)cc32)cn1. The Hall–Kier alpha value is -14.7.